The van der Waals surface area contributed by atoms with Gasteiger partial charge in [-0.3, -0.25) is 0 Å². The SMILES string of the molecule is CCO/C(C#Cc1ccccc1)=C(\C)C(=O)O. The van der Waals surface area contributed by atoms with E-state index in [2.05, 4.69) is 11.8 Å². The first-order valence-electron chi connectivity index (χ1n) is 5.29. The Balaban J connectivity index is 3.00. The van der Waals surface area contributed by atoms with Crippen molar-refractivity contribution in [3.8, 4) is 11.8 Å². The van der Waals surface area contributed by atoms with Gasteiger partial charge in [0.25, 0.3) is 0 Å². The van der Waals surface area contributed by atoms with Gasteiger partial charge in [-0.1, -0.05) is 24.1 Å². The molecule has 0 fully saturated rings. The predicted molar refractivity (Wildman–Crippen MR) is 65.3 cm³/mol. The minimum atomic E-state index is -1.02. The highest BCUT2D eigenvalue weighted by Crippen LogP contribution is 2.06. The van der Waals surface area contributed by atoms with Gasteiger partial charge in [-0.25, -0.2) is 4.79 Å². The van der Waals surface area contributed by atoms with Crippen molar-refractivity contribution in [2.45, 2.75) is 13.8 Å². The molecule has 0 bridgehead atoms. The second-order valence-electron chi connectivity index (χ2n) is 3.31. The van der Waals surface area contributed by atoms with Crippen molar-refractivity contribution in [3.63, 3.8) is 0 Å². The summed E-state index contributed by atoms with van der Waals surface area (Å²) in [4.78, 5) is 10.8. The molecular weight excluding hydrogens is 216 g/mol. The van der Waals surface area contributed by atoms with Crippen LogP contribution in [0, 0.1) is 11.8 Å². The minimum Gasteiger partial charge on any atom is -0.485 e. The summed E-state index contributed by atoms with van der Waals surface area (Å²) in [6.07, 6.45) is 0. The first kappa shape index (κ1) is 12.9. The Morgan fingerprint density at radius 3 is 2.53 bits per heavy atom. The first-order chi connectivity index (χ1) is 8.15. The summed E-state index contributed by atoms with van der Waals surface area (Å²) in [5, 5.41) is 8.87. The zero-order chi connectivity index (χ0) is 12.7. The lowest BCUT2D eigenvalue weighted by Crippen LogP contribution is -2.03. The van der Waals surface area contributed by atoms with Crippen LogP contribution >= 0.6 is 0 Å². The van der Waals surface area contributed by atoms with Gasteiger partial charge < -0.3 is 9.84 Å². The normalized spacial score (nSPS) is 10.9. The summed E-state index contributed by atoms with van der Waals surface area (Å²) in [5.41, 5.74) is 0.943. The van der Waals surface area contributed by atoms with Crippen molar-refractivity contribution < 1.29 is 14.6 Å². The molecule has 0 amide bonds. The third kappa shape index (κ3) is 4.04. The summed E-state index contributed by atoms with van der Waals surface area (Å²) in [6, 6.07) is 9.35. The number of rotatable bonds is 3. The number of carboxylic acids is 1. The maximum absolute atomic E-state index is 10.8. The van der Waals surface area contributed by atoms with Crippen LogP contribution in [-0.2, 0) is 9.53 Å². The number of aliphatic carboxylic acids is 1. The highest BCUT2D eigenvalue weighted by atomic mass is 16.5. The van der Waals surface area contributed by atoms with Gasteiger partial charge in [0.2, 0.25) is 0 Å². The van der Waals surface area contributed by atoms with E-state index in [-0.39, 0.29) is 11.3 Å². The molecule has 0 saturated carbocycles. The largest absolute Gasteiger partial charge is 0.485 e. The van der Waals surface area contributed by atoms with E-state index < -0.39 is 5.97 Å². The molecule has 0 aliphatic heterocycles. The molecule has 88 valence electrons. The summed E-state index contributed by atoms with van der Waals surface area (Å²) in [5.74, 6) is 4.81. The van der Waals surface area contributed by atoms with Gasteiger partial charge in [-0.05, 0) is 31.9 Å². The second kappa shape index (κ2) is 6.39. The Kier molecular flexibility index (Phi) is 4.83. The summed E-state index contributed by atoms with van der Waals surface area (Å²) >= 11 is 0. The predicted octanol–water partition coefficient (Wildman–Crippen LogP) is 2.43. The second-order valence-corrected chi connectivity index (χ2v) is 3.31. The van der Waals surface area contributed by atoms with E-state index in [0.29, 0.717) is 6.61 Å². The van der Waals surface area contributed by atoms with Gasteiger partial charge in [-0.15, -0.1) is 0 Å². The van der Waals surface area contributed by atoms with E-state index in [1.807, 2.05) is 30.3 Å². The van der Waals surface area contributed by atoms with Gasteiger partial charge in [-0.2, -0.15) is 0 Å². The maximum Gasteiger partial charge on any atom is 0.335 e. The van der Waals surface area contributed by atoms with Crippen molar-refractivity contribution in [1.82, 2.24) is 0 Å². The molecule has 0 radical (unpaired) electrons. The Morgan fingerprint density at radius 2 is 2.00 bits per heavy atom. The average molecular weight is 230 g/mol. The van der Waals surface area contributed by atoms with Crippen LogP contribution in [0.25, 0.3) is 0 Å². The van der Waals surface area contributed by atoms with Crippen molar-refractivity contribution in [2.75, 3.05) is 6.61 Å². The number of allylic oxidation sites excluding steroid dienone is 1. The topological polar surface area (TPSA) is 46.5 Å². The highest BCUT2D eigenvalue weighted by molar-refractivity contribution is 5.87. The van der Waals surface area contributed by atoms with E-state index in [4.69, 9.17) is 9.84 Å². The van der Waals surface area contributed by atoms with Crippen LogP contribution in [0.15, 0.2) is 41.7 Å². The van der Waals surface area contributed by atoms with E-state index in [1.165, 1.54) is 6.92 Å². The molecule has 0 saturated heterocycles. The molecule has 0 aliphatic rings. The summed E-state index contributed by atoms with van der Waals surface area (Å²) in [7, 11) is 0. The summed E-state index contributed by atoms with van der Waals surface area (Å²) < 4.78 is 5.21. The van der Waals surface area contributed by atoms with E-state index in [1.54, 1.807) is 6.92 Å². The zero-order valence-corrected chi connectivity index (χ0v) is 9.86. The van der Waals surface area contributed by atoms with E-state index in [9.17, 15) is 4.79 Å². The lowest BCUT2D eigenvalue weighted by molar-refractivity contribution is -0.132. The monoisotopic (exact) mass is 230 g/mol. The first-order valence-corrected chi connectivity index (χ1v) is 5.29. The Bertz CT molecular complexity index is 475. The molecule has 0 aromatic heterocycles. The number of benzene rings is 1. The Hall–Kier alpha value is -2.21. The van der Waals surface area contributed by atoms with Gasteiger partial charge in [0.15, 0.2) is 5.76 Å². The molecule has 1 aromatic carbocycles. The lowest BCUT2D eigenvalue weighted by Gasteiger charge is -2.03. The molecule has 0 unspecified atom stereocenters. The van der Waals surface area contributed by atoms with E-state index >= 15 is 0 Å². The molecule has 0 aliphatic carbocycles. The maximum atomic E-state index is 10.8. The van der Waals surface area contributed by atoms with Crippen LogP contribution in [0.3, 0.4) is 0 Å². The highest BCUT2D eigenvalue weighted by Gasteiger charge is 2.07. The third-order valence-corrected chi connectivity index (χ3v) is 2.04. The summed E-state index contributed by atoms with van der Waals surface area (Å²) in [6.45, 7) is 3.66. The third-order valence-electron chi connectivity index (χ3n) is 2.04. The fourth-order valence-electron chi connectivity index (χ4n) is 1.13. The van der Waals surface area contributed by atoms with Gasteiger partial charge in [0, 0.05) is 5.56 Å². The van der Waals surface area contributed by atoms with E-state index in [0.717, 1.165) is 5.56 Å². The van der Waals surface area contributed by atoms with Gasteiger partial charge in [0.05, 0.1) is 12.2 Å². The smallest absolute Gasteiger partial charge is 0.335 e. The average Bonchev–Trinajstić information content (AvgIpc) is 2.34. The number of hydrogen-bond acceptors (Lipinski definition) is 2. The fraction of sp³-hybridized carbons (Fsp3) is 0.214. The van der Waals surface area contributed by atoms with Crippen LogP contribution < -0.4 is 0 Å². The van der Waals surface area contributed by atoms with Crippen LogP contribution in [0.5, 0.6) is 0 Å². The quantitative estimate of drug-likeness (QED) is 0.493. The fourth-order valence-corrected chi connectivity index (χ4v) is 1.13. The van der Waals surface area contributed by atoms with Crippen LogP contribution in [0.4, 0.5) is 0 Å². The van der Waals surface area contributed by atoms with Gasteiger partial charge >= 0.3 is 5.97 Å². The van der Waals surface area contributed by atoms with Crippen molar-refractivity contribution in [1.29, 1.82) is 0 Å². The molecule has 1 rings (SSSR count). The molecular formula is C14H14O3. The molecule has 3 nitrogen and oxygen atoms in total. The zero-order valence-electron chi connectivity index (χ0n) is 9.86. The number of hydrogen-bond donors (Lipinski definition) is 1. The molecule has 3 heteroatoms. The molecule has 0 heterocycles. The standard InChI is InChI=1S/C14H14O3/c1-3-17-13(11(2)14(15)16)10-9-12-7-5-4-6-8-12/h4-8H,3H2,1-2H3,(H,15,16)/b13-11+. The lowest BCUT2D eigenvalue weighted by atomic mass is 10.2. The molecule has 0 spiro atoms. The van der Waals surface area contributed by atoms with Crippen LogP contribution in [0.1, 0.15) is 19.4 Å². The van der Waals surface area contributed by atoms with Crippen molar-refractivity contribution in [3.05, 3.63) is 47.2 Å². The molecule has 0 atom stereocenters. The minimum absolute atomic E-state index is 0.121. The van der Waals surface area contributed by atoms with Crippen molar-refractivity contribution in [2.24, 2.45) is 0 Å². The number of carbonyl (C=O) groups is 1. The van der Waals surface area contributed by atoms with Gasteiger partial charge in [0.1, 0.15) is 0 Å². The Labute approximate surface area is 101 Å². The molecule has 1 N–H and O–H groups in total. The van der Waals surface area contributed by atoms with Crippen LogP contribution in [0.2, 0.25) is 0 Å². The van der Waals surface area contributed by atoms with Crippen molar-refractivity contribution >= 4 is 5.97 Å². The van der Waals surface area contributed by atoms with Crippen LogP contribution in [-0.4, -0.2) is 17.7 Å². The Morgan fingerprint density at radius 1 is 1.35 bits per heavy atom. The number of carboxylic acid groups (broad SMARTS) is 1. The molecule has 1 aromatic rings. The molecule has 17 heavy (non-hydrogen) atoms. The number of ether oxygens (including phenoxy) is 1.